The van der Waals surface area contributed by atoms with Gasteiger partial charge in [0, 0.05) is 22.5 Å². The molecule has 0 aliphatic heterocycles. The molecule has 0 fully saturated rings. The topological polar surface area (TPSA) is 34.2 Å². The highest BCUT2D eigenvalue weighted by atomic mass is 35.5. The molecule has 0 bridgehead atoms. The number of nitrogens with zero attached hydrogens (tertiary/aromatic N) is 1. The molecule has 0 aliphatic carbocycles. The third-order valence-corrected chi connectivity index (χ3v) is 3.82. The summed E-state index contributed by atoms with van der Waals surface area (Å²) in [5, 5.41) is 7.15. The molecular weight excluding hydrogens is 303 g/mol. The normalized spacial score (nSPS) is 10.5. The van der Waals surface area contributed by atoms with Crippen LogP contribution in [0.2, 0.25) is 10.0 Å². The highest BCUT2D eigenvalue weighted by Gasteiger charge is 2.14. The first-order valence-corrected chi connectivity index (χ1v) is 7.52. The van der Waals surface area contributed by atoms with E-state index in [0.29, 0.717) is 15.8 Å². The fraction of sp³-hybridized carbons (Fsp3) is 0.308. The molecule has 1 N–H and O–H groups in total. The number of halogens is 2. The molecule has 0 amide bonds. The Labute approximate surface area is 126 Å². The summed E-state index contributed by atoms with van der Waals surface area (Å²) in [4.78, 5) is 4.52. The average molecular weight is 317 g/mol. The van der Waals surface area contributed by atoms with Crippen molar-refractivity contribution in [1.82, 2.24) is 4.98 Å². The molecule has 2 aromatic rings. The van der Waals surface area contributed by atoms with Crippen LogP contribution in [0.15, 0.2) is 17.5 Å². The zero-order chi connectivity index (χ0) is 13.8. The first-order valence-electron chi connectivity index (χ1n) is 5.88. The van der Waals surface area contributed by atoms with E-state index in [-0.39, 0.29) is 0 Å². The summed E-state index contributed by atoms with van der Waals surface area (Å²) in [5.74, 6) is 0.596. The van der Waals surface area contributed by atoms with Crippen molar-refractivity contribution in [3.8, 4) is 17.0 Å². The van der Waals surface area contributed by atoms with Crippen LogP contribution < -0.4 is 10.1 Å². The third-order valence-electron chi connectivity index (χ3n) is 2.52. The number of hydrogen-bond acceptors (Lipinski definition) is 4. The fourth-order valence-electron chi connectivity index (χ4n) is 1.67. The molecule has 1 aromatic carbocycles. The first-order chi connectivity index (χ1) is 9.15. The molecule has 19 heavy (non-hydrogen) atoms. The van der Waals surface area contributed by atoms with Crippen LogP contribution in [0.25, 0.3) is 11.3 Å². The first kappa shape index (κ1) is 14.4. The van der Waals surface area contributed by atoms with Gasteiger partial charge in [-0.2, -0.15) is 0 Å². The molecule has 1 aromatic heterocycles. The number of rotatable bonds is 5. The van der Waals surface area contributed by atoms with Crippen molar-refractivity contribution >= 4 is 39.7 Å². The van der Waals surface area contributed by atoms with Gasteiger partial charge in [-0.1, -0.05) is 30.1 Å². The van der Waals surface area contributed by atoms with Crippen molar-refractivity contribution in [2.45, 2.75) is 13.3 Å². The maximum atomic E-state index is 6.13. The van der Waals surface area contributed by atoms with Gasteiger partial charge in [-0.15, -0.1) is 11.3 Å². The monoisotopic (exact) mass is 316 g/mol. The molecule has 2 rings (SSSR count). The molecule has 0 aliphatic rings. The van der Waals surface area contributed by atoms with Crippen molar-refractivity contribution in [1.29, 1.82) is 0 Å². The zero-order valence-electron chi connectivity index (χ0n) is 10.7. The molecule has 0 atom stereocenters. The lowest BCUT2D eigenvalue weighted by atomic mass is 10.1. The number of benzene rings is 1. The van der Waals surface area contributed by atoms with E-state index < -0.39 is 0 Å². The molecule has 6 heteroatoms. The predicted molar refractivity (Wildman–Crippen MR) is 82.9 cm³/mol. The summed E-state index contributed by atoms with van der Waals surface area (Å²) in [6, 6.07) is 3.47. The molecule has 0 saturated carbocycles. The van der Waals surface area contributed by atoms with Gasteiger partial charge in [0.15, 0.2) is 5.13 Å². The molecule has 0 saturated heterocycles. The molecule has 102 valence electrons. The molecule has 1 heterocycles. The summed E-state index contributed by atoms with van der Waals surface area (Å²) in [5.41, 5.74) is 1.62. The number of thiazole rings is 1. The van der Waals surface area contributed by atoms with Crippen LogP contribution in [0.4, 0.5) is 5.13 Å². The average Bonchev–Trinajstić information content (AvgIpc) is 2.84. The van der Waals surface area contributed by atoms with E-state index >= 15 is 0 Å². The highest BCUT2D eigenvalue weighted by Crippen LogP contribution is 2.39. The number of methoxy groups -OCH3 is 1. The van der Waals surface area contributed by atoms with Crippen LogP contribution in [-0.4, -0.2) is 18.6 Å². The summed E-state index contributed by atoms with van der Waals surface area (Å²) in [6.07, 6.45) is 1.06. The summed E-state index contributed by atoms with van der Waals surface area (Å²) in [6.45, 7) is 3.02. The lowest BCUT2D eigenvalue weighted by Gasteiger charge is -2.09. The standard InChI is InChI=1S/C13H14Cl2N2OS/c1-3-4-16-13-17-11(7-19-13)9-5-8(14)6-10(15)12(9)18-2/h5-7H,3-4H2,1-2H3,(H,16,17). The molecular formula is C13H14Cl2N2OS. The van der Waals surface area contributed by atoms with Crippen LogP contribution in [0.3, 0.4) is 0 Å². The number of nitrogens with one attached hydrogen (secondary N) is 1. The maximum absolute atomic E-state index is 6.13. The molecule has 3 nitrogen and oxygen atoms in total. The number of ether oxygens (including phenoxy) is 1. The predicted octanol–water partition coefficient (Wildman–Crippen LogP) is 4.95. The minimum Gasteiger partial charge on any atom is -0.494 e. The van der Waals surface area contributed by atoms with Gasteiger partial charge in [-0.3, -0.25) is 0 Å². The quantitative estimate of drug-likeness (QED) is 0.847. The van der Waals surface area contributed by atoms with Crippen molar-refractivity contribution in [2.75, 3.05) is 19.0 Å². The smallest absolute Gasteiger partial charge is 0.183 e. The summed E-state index contributed by atoms with van der Waals surface area (Å²) < 4.78 is 5.33. The zero-order valence-corrected chi connectivity index (χ0v) is 13.0. The fourth-order valence-corrected chi connectivity index (χ4v) is 2.98. The van der Waals surface area contributed by atoms with E-state index in [4.69, 9.17) is 27.9 Å². The third kappa shape index (κ3) is 3.32. The van der Waals surface area contributed by atoms with Crippen LogP contribution in [0.1, 0.15) is 13.3 Å². The minimum atomic E-state index is 0.487. The number of hydrogen-bond donors (Lipinski definition) is 1. The van der Waals surface area contributed by atoms with Gasteiger partial charge in [0.1, 0.15) is 5.75 Å². The Kier molecular flexibility index (Phi) is 4.91. The van der Waals surface area contributed by atoms with Crippen LogP contribution in [0, 0.1) is 0 Å². The second-order valence-corrected chi connectivity index (χ2v) is 5.63. The van der Waals surface area contributed by atoms with Gasteiger partial charge in [0.25, 0.3) is 0 Å². The van der Waals surface area contributed by atoms with Gasteiger partial charge < -0.3 is 10.1 Å². The van der Waals surface area contributed by atoms with Gasteiger partial charge >= 0.3 is 0 Å². The second kappa shape index (κ2) is 6.46. The summed E-state index contributed by atoms with van der Waals surface area (Å²) >= 11 is 13.7. The maximum Gasteiger partial charge on any atom is 0.183 e. The Morgan fingerprint density at radius 3 is 2.84 bits per heavy atom. The molecule has 0 radical (unpaired) electrons. The van der Waals surface area contributed by atoms with E-state index in [1.54, 1.807) is 24.5 Å². The minimum absolute atomic E-state index is 0.487. The Morgan fingerprint density at radius 1 is 1.37 bits per heavy atom. The van der Waals surface area contributed by atoms with Crippen molar-refractivity contribution < 1.29 is 4.74 Å². The van der Waals surface area contributed by atoms with E-state index in [1.807, 2.05) is 11.4 Å². The molecule has 0 unspecified atom stereocenters. The van der Waals surface area contributed by atoms with Crippen LogP contribution in [0.5, 0.6) is 5.75 Å². The van der Waals surface area contributed by atoms with E-state index in [1.165, 1.54) is 0 Å². The summed E-state index contributed by atoms with van der Waals surface area (Å²) in [7, 11) is 1.58. The Bertz CT molecular complexity index is 572. The lowest BCUT2D eigenvalue weighted by Crippen LogP contribution is -1.98. The van der Waals surface area contributed by atoms with Gasteiger partial charge in [-0.05, 0) is 18.6 Å². The Hall–Kier alpha value is -0.970. The van der Waals surface area contributed by atoms with Crippen LogP contribution in [-0.2, 0) is 0 Å². The largest absolute Gasteiger partial charge is 0.494 e. The Morgan fingerprint density at radius 2 is 2.16 bits per heavy atom. The Balaban J connectivity index is 2.38. The van der Waals surface area contributed by atoms with E-state index in [9.17, 15) is 0 Å². The second-order valence-electron chi connectivity index (χ2n) is 3.93. The van der Waals surface area contributed by atoms with E-state index in [0.717, 1.165) is 29.4 Å². The van der Waals surface area contributed by atoms with Gasteiger partial charge in [-0.25, -0.2) is 4.98 Å². The van der Waals surface area contributed by atoms with Crippen molar-refractivity contribution in [3.63, 3.8) is 0 Å². The SMILES string of the molecule is CCCNc1nc(-c2cc(Cl)cc(Cl)c2OC)cs1. The van der Waals surface area contributed by atoms with Crippen molar-refractivity contribution in [3.05, 3.63) is 27.6 Å². The lowest BCUT2D eigenvalue weighted by molar-refractivity contribution is 0.416. The van der Waals surface area contributed by atoms with Crippen molar-refractivity contribution in [2.24, 2.45) is 0 Å². The number of anilines is 1. The number of aromatic nitrogens is 1. The van der Waals surface area contributed by atoms with Crippen LogP contribution >= 0.6 is 34.5 Å². The van der Waals surface area contributed by atoms with E-state index in [2.05, 4.69) is 17.2 Å². The highest BCUT2D eigenvalue weighted by molar-refractivity contribution is 7.14. The molecule has 0 spiro atoms. The van der Waals surface area contributed by atoms with Gasteiger partial charge in [0.2, 0.25) is 0 Å². The van der Waals surface area contributed by atoms with Gasteiger partial charge in [0.05, 0.1) is 17.8 Å².